The Balaban J connectivity index is 1.61. The molecule has 1 fully saturated rings. The fraction of sp³-hybridized carbons (Fsp3) is 0.417. The third-order valence-corrected chi connectivity index (χ3v) is 3.16. The Bertz CT molecular complexity index is 453. The summed E-state index contributed by atoms with van der Waals surface area (Å²) < 4.78 is 2.05. The minimum atomic E-state index is 0.502. The first-order valence-electron chi connectivity index (χ1n) is 5.90. The highest BCUT2D eigenvalue weighted by molar-refractivity contribution is 4.99. The molecular formula is C12H15N5. The van der Waals surface area contributed by atoms with Crippen molar-refractivity contribution in [2.75, 3.05) is 13.1 Å². The van der Waals surface area contributed by atoms with Crippen LogP contribution in [0.3, 0.4) is 0 Å². The summed E-state index contributed by atoms with van der Waals surface area (Å²) in [5.41, 5.74) is 1.04. The highest BCUT2D eigenvalue weighted by Crippen LogP contribution is 2.21. The number of aromatic nitrogens is 4. The number of rotatable bonds is 3. The second-order valence-electron chi connectivity index (χ2n) is 4.38. The Hall–Kier alpha value is -1.75. The molecule has 3 rings (SSSR count). The van der Waals surface area contributed by atoms with Gasteiger partial charge in [-0.2, -0.15) is 15.3 Å². The second kappa shape index (κ2) is 4.63. The molecule has 1 unspecified atom stereocenters. The summed E-state index contributed by atoms with van der Waals surface area (Å²) in [5, 5.41) is 12.3. The normalized spacial score (nSPS) is 20.8. The van der Waals surface area contributed by atoms with Gasteiger partial charge in [-0.3, -0.25) is 9.58 Å². The van der Waals surface area contributed by atoms with Crippen LogP contribution in [0.25, 0.3) is 0 Å². The lowest BCUT2D eigenvalue weighted by Gasteiger charge is -2.15. The van der Waals surface area contributed by atoms with Gasteiger partial charge in [0.25, 0.3) is 0 Å². The standard InChI is InChI=1S/C12H15N5/c1-3-11(15-13-5-1)9-16-8-4-12(10-16)17-7-2-6-14-17/h1-3,5-7,12H,4,8-10H2. The van der Waals surface area contributed by atoms with Gasteiger partial charge in [0.05, 0.1) is 11.7 Å². The van der Waals surface area contributed by atoms with Crippen molar-refractivity contribution in [2.45, 2.75) is 19.0 Å². The molecule has 0 radical (unpaired) electrons. The molecule has 1 aliphatic rings. The van der Waals surface area contributed by atoms with Crippen LogP contribution >= 0.6 is 0 Å². The van der Waals surface area contributed by atoms with Crippen LogP contribution in [0.15, 0.2) is 36.8 Å². The van der Waals surface area contributed by atoms with Crippen molar-refractivity contribution in [3.05, 3.63) is 42.5 Å². The number of nitrogens with zero attached hydrogens (tertiary/aromatic N) is 5. The fourth-order valence-corrected chi connectivity index (χ4v) is 2.32. The Morgan fingerprint density at radius 1 is 1.29 bits per heavy atom. The van der Waals surface area contributed by atoms with E-state index in [2.05, 4.69) is 24.9 Å². The van der Waals surface area contributed by atoms with Gasteiger partial charge in [0.1, 0.15) is 0 Å². The zero-order valence-electron chi connectivity index (χ0n) is 9.61. The van der Waals surface area contributed by atoms with Gasteiger partial charge in [0.15, 0.2) is 0 Å². The van der Waals surface area contributed by atoms with Crippen molar-refractivity contribution in [1.82, 2.24) is 24.9 Å². The van der Waals surface area contributed by atoms with Crippen molar-refractivity contribution in [3.8, 4) is 0 Å². The van der Waals surface area contributed by atoms with Crippen LogP contribution in [-0.4, -0.2) is 38.0 Å². The molecule has 0 aliphatic carbocycles. The average Bonchev–Trinajstić information content (AvgIpc) is 3.00. The largest absolute Gasteiger partial charge is 0.295 e. The summed E-state index contributed by atoms with van der Waals surface area (Å²) >= 11 is 0. The summed E-state index contributed by atoms with van der Waals surface area (Å²) in [5.74, 6) is 0. The predicted octanol–water partition coefficient (Wildman–Crippen LogP) is 1.12. The van der Waals surface area contributed by atoms with Crippen molar-refractivity contribution in [3.63, 3.8) is 0 Å². The van der Waals surface area contributed by atoms with Gasteiger partial charge in [0.2, 0.25) is 0 Å². The van der Waals surface area contributed by atoms with Crippen LogP contribution in [0.2, 0.25) is 0 Å². The van der Waals surface area contributed by atoms with Crippen LogP contribution in [-0.2, 0) is 6.54 Å². The quantitative estimate of drug-likeness (QED) is 0.791. The van der Waals surface area contributed by atoms with Gasteiger partial charge in [-0.05, 0) is 24.6 Å². The summed E-state index contributed by atoms with van der Waals surface area (Å²) in [6, 6.07) is 6.44. The first-order valence-corrected chi connectivity index (χ1v) is 5.90. The zero-order chi connectivity index (χ0) is 11.5. The van der Waals surface area contributed by atoms with Crippen LogP contribution in [0, 0.1) is 0 Å². The maximum atomic E-state index is 4.30. The average molecular weight is 229 g/mol. The number of likely N-dealkylation sites (tertiary alicyclic amines) is 1. The van der Waals surface area contributed by atoms with Crippen molar-refractivity contribution >= 4 is 0 Å². The molecule has 0 aromatic carbocycles. The number of hydrogen-bond donors (Lipinski definition) is 0. The zero-order valence-corrected chi connectivity index (χ0v) is 9.61. The van der Waals surface area contributed by atoms with Gasteiger partial charge in [-0.15, -0.1) is 0 Å². The molecule has 0 amide bonds. The lowest BCUT2D eigenvalue weighted by atomic mass is 10.3. The van der Waals surface area contributed by atoms with Gasteiger partial charge >= 0.3 is 0 Å². The second-order valence-corrected chi connectivity index (χ2v) is 4.38. The van der Waals surface area contributed by atoms with Crippen LogP contribution < -0.4 is 0 Å². The van der Waals surface area contributed by atoms with E-state index in [1.54, 1.807) is 6.20 Å². The maximum absolute atomic E-state index is 4.30. The number of hydrogen-bond acceptors (Lipinski definition) is 4. The Kier molecular flexibility index (Phi) is 2.83. The SMILES string of the molecule is c1cnnc(CN2CCC(n3cccn3)C2)c1. The van der Waals surface area contributed by atoms with Crippen LogP contribution in [0.4, 0.5) is 0 Å². The van der Waals surface area contributed by atoms with E-state index in [-0.39, 0.29) is 0 Å². The van der Waals surface area contributed by atoms with E-state index in [9.17, 15) is 0 Å². The van der Waals surface area contributed by atoms with Gasteiger partial charge < -0.3 is 0 Å². The molecule has 0 saturated carbocycles. The van der Waals surface area contributed by atoms with Gasteiger partial charge in [-0.1, -0.05) is 0 Å². The van der Waals surface area contributed by atoms with Crippen LogP contribution in [0.1, 0.15) is 18.2 Å². The molecule has 1 atom stereocenters. The summed E-state index contributed by atoms with van der Waals surface area (Å²) in [7, 11) is 0. The smallest absolute Gasteiger partial charge is 0.0771 e. The highest BCUT2D eigenvalue weighted by atomic mass is 15.3. The van der Waals surface area contributed by atoms with E-state index in [1.165, 1.54) is 0 Å². The van der Waals surface area contributed by atoms with Crippen molar-refractivity contribution in [2.24, 2.45) is 0 Å². The molecule has 3 heterocycles. The molecule has 2 aromatic rings. The predicted molar refractivity (Wildman–Crippen MR) is 63.2 cm³/mol. The Labute approximate surface area is 100 Å². The maximum Gasteiger partial charge on any atom is 0.0771 e. The molecule has 2 aromatic heterocycles. The molecule has 1 saturated heterocycles. The summed E-state index contributed by atoms with van der Waals surface area (Å²) in [6.07, 6.45) is 6.74. The Morgan fingerprint density at radius 3 is 3.06 bits per heavy atom. The third-order valence-electron chi connectivity index (χ3n) is 3.16. The monoisotopic (exact) mass is 229 g/mol. The first-order chi connectivity index (χ1) is 8.42. The molecule has 0 bridgehead atoms. The minimum absolute atomic E-state index is 0.502. The molecule has 88 valence electrons. The highest BCUT2D eigenvalue weighted by Gasteiger charge is 2.24. The molecular weight excluding hydrogens is 214 g/mol. The summed E-state index contributed by atoms with van der Waals surface area (Å²) in [4.78, 5) is 2.40. The van der Waals surface area contributed by atoms with E-state index in [0.717, 1.165) is 31.7 Å². The molecule has 1 aliphatic heterocycles. The van der Waals surface area contributed by atoms with Gasteiger partial charge in [0, 0.05) is 38.2 Å². The van der Waals surface area contributed by atoms with Crippen molar-refractivity contribution < 1.29 is 0 Å². The third kappa shape index (κ3) is 2.34. The van der Waals surface area contributed by atoms with Crippen molar-refractivity contribution in [1.29, 1.82) is 0 Å². The minimum Gasteiger partial charge on any atom is -0.295 e. The molecule has 5 heteroatoms. The molecule has 5 nitrogen and oxygen atoms in total. The fourth-order valence-electron chi connectivity index (χ4n) is 2.32. The molecule has 0 spiro atoms. The van der Waals surface area contributed by atoms with Crippen LogP contribution in [0.5, 0.6) is 0 Å². The molecule has 0 N–H and O–H groups in total. The molecule has 17 heavy (non-hydrogen) atoms. The lowest BCUT2D eigenvalue weighted by Crippen LogP contribution is -2.22. The van der Waals surface area contributed by atoms with E-state index in [1.807, 2.05) is 30.6 Å². The summed E-state index contributed by atoms with van der Waals surface area (Å²) in [6.45, 7) is 3.02. The van der Waals surface area contributed by atoms with E-state index in [0.29, 0.717) is 6.04 Å². The first kappa shape index (κ1) is 10.4. The van der Waals surface area contributed by atoms with E-state index in [4.69, 9.17) is 0 Å². The van der Waals surface area contributed by atoms with E-state index >= 15 is 0 Å². The van der Waals surface area contributed by atoms with Gasteiger partial charge in [-0.25, -0.2) is 0 Å². The Morgan fingerprint density at radius 2 is 2.29 bits per heavy atom. The topological polar surface area (TPSA) is 46.8 Å². The van der Waals surface area contributed by atoms with E-state index < -0.39 is 0 Å². The lowest BCUT2D eigenvalue weighted by molar-refractivity contribution is 0.307.